The van der Waals surface area contributed by atoms with Crippen LogP contribution in [0.4, 0.5) is 5.69 Å². The molecule has 0 radical (unpaired) electrons. The van der Waals surface area contributed by atoms with Gasteiger partial charge in [0.2, 0.25) is 0 Å². The second-order valence-corrected chi connectivity index (χ2v) is 6.85. The Labute approximate surface area is 168 Å². The van der Waals surface area contributed by atoms with Gasteiger partial charge in [-0.1, -0.05) is 18.2 Å². The number of amides is 1. The number of benzene rings is 2. The molecule has 29 heavy (non-hydrogen) atoms. The van der Waals surface area contributed by atoms with Gasteiger partial charge in [0.1, 0.15) is 0 Å². The van der Waals surface area contributed by atoms with Crippen LogP contribution in [0.3, 0.4) is 0 Å². The Hall–Kier alpha value is -3.67. The Bertz CT molecular complexity index is 1080. The minimum atomic E-state index is -1.03. The quantitative estimate of drug-likeness (QED) is 0.632. The summed E-state index contributed by atoms with van der Waals surface area (Å²) >= 11 is 0. The summed E-state index contributed by atoms with van der Waals surface area (Å²) in [4.78, 5) is 38.2. The van der Waals surface area contributed by atoms with Gasteiger partial charge in [-0.3, -0.25) is 9.69 Å². The highest BCUT2D eigenvalue weighted by Crippen LogP contribution is 2.36. The molecule has 0 unspecified atom stereocenters. The molecule has 6 heteroatoms. The van der Waals surface area contributed by atoms with Gasteiger partial charge >= 0.3 is 11.9 Å². The van der Waals surface area contributed by atoms with Crippen molar-refractivity contribution in [3.05, 3.63) is 81.6 Å². The first-order valence-electron chi connectivity index (χ1n) is 9.01. The fourth-order valence-corrected chi connectivity index (χ4v) is 3.24. The van der Waals surface area contributed by atoms with E-state index < -0.39 is 11.9 Å². The summed E-state index contributed by atoms with van der Waals surface area (Å²) in [6, 6.07) is 11.7. The van der Waals surface area contributed by atoms with E-state index in [2.05, 4.69) is 0 Å². The summed E-state index contributed by atoms with van der Waals surface area (Å²) in [5.41, 5.74) is 4.43. The summed E-state index contributed by atoms with van der Waals surface area (Å²) in [5, 5.41) is 9.04. The number of carboxylic acids is 1. The summed E-state index contributed by atoms with van der Waals surface area (Å²) in [6.45, 7) is 5.65. The first kappa shape index (κ1) is 20.1. The van der Waals surface area contributed by atoms with E-state index in [1.54, 1.807) is 25.1 Å². The van der Waals surface area contributed by atoms with Crippen molar-refractivity contribution in [2.24, 2.45) is 0 Å². The third-order valence-corrected chi connectivity index (χ3v) is 5.01. The first-order chi connectivity index (χ1) is 13.7. The molecule has 2 aromatic rings. The van der Waals surface area contributed by atoms with E-state index in [1.807, 2.05) is 32.0 Å². The number of aryl methyl sites for hydroxylation is 2. The summed E-state index contributed by atoms with van der Waals surface area (Å²) < 4.78 is 4.90. The van der Waals surface area contributed by atoms with Gasteiger partial charge < -0.3 is 9.84 Å². The van der Waals surface area contributed by atoms with E-state index in [9.17, 15) is 14.4 Å². The van der Waals surface area contributed by atoms with Crippen LogP contribution in [0.5, 0.6) is 0 Å². The number of ether oxygens (including phenoxy) is 1. The number of hydrogen-bond donors (Lipinski definition) is 1. The Balaban J connectivity index is 2.11. The number of nitrogens with zero attached hydrogens (tertiary/aromatic N) is 1. The summed E-state index contributed by atoms with van der Waals surface area (Å²) in [5.74, 6) is -1.97. The van der Waals surface area contributed by atoms with E-state index in [4.69, 9.17) is 9.84 Å². The average molecular weight is 391 g/mol. The SMILES string of the molecule is COC(=O)C1=C(C)N(c2ccc(C)c(C)c2)C(=O)C1=Cc1ccc(C(=O)O)cc1. The van der Waals surface area contributed by atoms with Gasteiger partial charge in [0.15, 0.2) is 0 Å². The van der Waals surface area contributed by atoms with Crippen LogP contribution in [-0.4, -0.2) is 30.1 Å². The second-order valence-electron chi connectivity index (χ2n) is 6.85. The predicted molar refractivity (Wildman–Crippen MR) is 109 cm³/mol. The van der Waals surface area contributed by atoms with Gasteiger partial charge in [-0.25, -0.2) is 9.59 Å². The maximum Gasteiger partial charge on any atom is 0.340 e. The highest BCUT2D eigenvalue weighted by molar-refractivity contribution is 6.23. The lowest BCUT2D eigenvalue weighted by Crippen LogP contribution is -2.24. The molecule has 0 atom stereocenters. The number of allylic oxidation sites excluding steroid dienone is 1. The normalized spacial score (nSPS) is 15.2. The average Bonchev–Trinajstić information content (AvgIpc) is 2.94. The predicted octanol–water partition coefficient (Wildman–Crippen LogP) is 3.88. The molecule has 1 heterocycles. The van der Waals surface area contributed by atoms with Crippen LogP contribution in [0.2, 0.25) is 0 Å². The third-order valence-electron chi connectivity index (χ3n) is 5.01. The van der Waals surface area contributed by atoms with Crippen molar-refractivity contribution >= 4 is 29.6 Å². The summed E-state index contributed by atoms with van der Waals surface area (Å²) in [7, 11) is 1.27. The molecule has 0 spiro atoms. The number of methoxy groups -OCH3 is 1. The van der Waals surface area contributed by atoms with Gasteiger partial charge in [-0.2, -0.15) is 0 Å². The van der Waals surface area contributed by atoms with E-state index in [0.29, 0.717) is 16.9 Å². The number of hydrogen-bond acceptors (Lipinski definition) is 4. The third kappa shape index (κ3) is 3.69. The van der Waals surface area contributed by atoms with Crippen molar-refractivity contribution in [3.63, 3.8) is 0 Å². The molecule has 1 amide bonds. The van der Waals surface area contributed by atoms with Crippen LogP contribution in [0, 0.1) is 13.8 Å². The van der Waals surface area contributed by atoms with E-state index in [1.165, 1.54) is 24.1 Å². The fourth-order valence-electron chi connectivity index (χ4n) is 3.24. The number of anilines is 1. The molecule has 148 valence electrons. The Morgan fingerprint density at radius 3 is 2.21 bits per heavy atom. The molecule has 2 aromatic carbocycles. The summed E-state index contributed by atoms with van der Waals surface area (Å²) in [6.07, 6.45) is 1.57. The van der Waals surface area contributed by atoms with Crippen molar-refractivity contribution in [3.8, 4) is 0 Å². The lowest BCUT2D eigenvalue weighted by molar-refractivity contribution is -0.136. The topological polar surface area (TPSA) is 83.9 Å². The lowest BCUT2D eigenvalue weighted by Gasteiger charge is -2.19. The number of carbonyl (C=O) groups is 3. The standard InChI is InChI=1S/C23H21NO5/c1-13-5-10-18(11-14(13)2)24-15(3)20(23(28)29-4)19(21(24)25)12-16-6-8-17(9-7-16)22(26)27/h5-12H,1-4H3,(H,26,27). The van der Waals surface area contributed by atoms with Crippen LogP contribution in [0.15, 0.2) is 59.3 Å². The molecule has 6 nitrogen and oxygen atoms in total. The molecule has 3 rings (SSSR count). The van der Waals surface area contributed by atoms with Crippen molar-refractivity contribution in [2.45, 2.75) is 20.8 Å². The van der Waals surface area contributed by atoms with Crippen LogP contribution >= 0.6 is 0 Å². The van der Waals surface area contributed by atoms with E-state index in [-0.39, 0.29) is 22.6 Å². The molecule has 1 N–H and O–H groups in total. The van der Waals surface area contributed by atoms with Gasteiger partial charge in [0.05, 0.1) is 23.8 Å². The van der Waals surface area contributed by atoms with Crippen LogP contribution in [0.25, 0.3) is 6.08 Å². The smallest absolute Gasteiger partial charge is 0.340 e. The number of esters is 1. The minimum absolute atomic E-state index is 0.140. The van der Waals surface area contributed by atoms with Gasteiger partial charge in [0, 0.05) is 11.4 Å². The first-order valence-corrected chi connectivity index (χ1v) is 9.01. The Morgan fingerprint density at radius 2 is 1.66 bits per heavy atom. The zero-order chi connectivity index (χ0) is 21.3. The highest BCUT2D eigenvalue weighted by Gasteiger charge is 2.37. The van der Waals surface area contributed by atoms with Crippen LogP contribution in [-0.2, 0) is 14.3 Å². The number of carboxylic acid groups (broad SMARTS) is 1. The van der Waals surface area contributed by atoms with Crippen molar-refractivity contribution in [2.75, 3.05) is 12.0 Å². The van der Waals surface area contributed by atoms with Gasteiger partial charge in [-0.15, -0.1) is 0 Å². The van der Waals surface area contributed by atoms with Crippen molar-refractivity contribution < 1.29 is 24.2 Å². The number of carbonyl (C=O) groups excluding carboxylic acids is 2. The van der Waals surface area contributed by atoms with Crippen LogP contribution < -0.4 is 4.90 Å². The fraction of sp³-hybridized carbons (Fsp3) is 0.174. The zero-order valence-electron chi connectivity index (χ0n) is 16.6. The molecule has 0 saturated heterocycles. The lowest BCUT2D eigenvalue weighted by atomic mass is 10.0. The molecule has 0 bridgehead atoms. The molecule has 0 aliphatic carbocycles. The molecule has 1 aliphatic heterocycles. The van der Waals surface area contributed by atoms with E-state index in [0.717, 1.165) is 11.1 Å². The maximum atomic E-state index is 13.2. The molecule has 0 fully saturated rings. The Morgan fingerprint density at radius 1 is 1.00 bits per heavy atom. The number of aromatic carboxylic acids is 1. The molecular weight excluding hydrogens is 370 g/mol. The zero-order valence-corrected chi connectivity index (χ0v) is 16.6. The number of rotatable bonds is 4. The van der Waals surface area contributed by atoms with Crippen LogP contribution in [0.1, 0.15) is 34.0 Å². The minimum Gasteiger partial charge on any atom is -0.478 e. The van der Waals surface area contributed by atoms with Gasteiger partial charge in [0.25, 0.3) is 5.91 Å². The van der Waals surface area contributed by atoms with Gasteiger partial charge in [-0.05, 0) is 67.8 Å². The molecule has 0 aromatic heterocycles. The van der Waals surface area contributed by atoms with Crippen molar-refractivity contribution in [1.82, 2.24) is 0 Å². The molecule has 1 aliphatic rings. The monoisotopic (exact) mass is 391 g/mol. The molecule has 0 saturated carbocycles. The maximum absolute atomic E-state index is 13.2. The van der Waals surface area contributed by atoms with Crippen molar-refractivity contribution in [1.29, 1.82) is 0 Å². The van der Waals surface area contributed by atoms with E-state index >= 15 is 0 Å². The largest absolute Gasteiger partial charge is 0.478 e. The highest BCUT2D eigenvalue weighted by atomic mass is 16.5. The molecular formula is C23H21NO5. The Kier molecular flexibility index (Phi) is 5.37. The second kappa shape index (κ2) is 7.75.